The fraction of sp³-hybridized carbons (Fsp3) is 0.211. The van der Waals surface area contributed by atoms with Crippen molar-refractivity contribution in [1.29, 1.82) is 0 Å². The molecule has 0 atom stereocenters. The van der Waals surface area contributed by atoms with Gasteiger partial charge in [0.25, 0.3) is 5.91 Å². The summed E-state index contributed by atoms with van der Waals surface area (Å²) in [5.41, 5.74) is 2.13. The summed E-state index contributed by atoms with van der Waals surface area (Å²) in [5.74, 6) is 0.863. The van der Waals surface area contributed by atoms with E-state index in [0.717, 1.165) is 18.8 Å². The Morgan fingerprint density at radius 1 is 1.00 bits per heavy atom. The van der Waals surface area contributed by atoms with Gasteiger partial charge in [0.05, 0.1) is 4.88 Å². The highest BCUT2D eigenvalue weighted by molar-refractivity contribution is 7.12. The average Bonchev–Trinajstić information content (AvgIpc) is 3.21. The molecule has 2 aromatic heterocycles. The molecule has 2 N–H and O–H groups in total. The number of carbonyl (C=O) groups excluding carboxylic acids is 1. The van der Waals surface area contributed by atoms with Crippen LogP contribution in [-0.2, 0) is 0 Å². The number of carbonyl (C=O) groups is 1. The van der Waals surface area contributed by atoms with Crippen LogP contribution in [0.3, 0.4) is 0 Å². The highest BCUT2D eigenvalue weighted by Crippen LogP contribution is 2.20. The van der Waals surface area contributed by atoms with Gasteiger partial charge in [-0.05, 0) is 61.7 Å². The van der Waals surface area contributed by atoms with Crippen LogP contribution in [0.5, 0.6) is 0 Å². The van der Waals surface area contributed by atoms with E-state index in [0.29, 0.717) is 16.5 Å². The number of anilines is 4. The van der Waals surface area contributed by atoms with Crippen molar-refractivity contribution in [3.8, 4) is 0 Å². The van der Waals surface area contributed by atoms with Gasteiger partial charge in [-0.15, -0.1) is 21.5 Å². The number of benzene rings is 1. The molecule has 7 heteroatoms. The zero-order valence-electron chi connectivity index (χ0n) is 14.8. The van der Waals surface area contributed by atoms with E-state index in [4.69, 9.17) is 0 Å². The number of amides is 1. The van der Waals surface area contributed by atoms with Crippen LogP contribution in [0, 0.1) is 0 Å². The molecule has 0 spiro atoms. The van der Waals surface area contributed by atoms with Gasteiger partial charge in [-0.3, -0.25) is 4.79 Å². The van der Waals surface area contributed by atoms with E-state index in [-0.39, 0.29) is 5.91 Å². The fourth-order valence-electron chi connectivity index (χ4n) is 2.54. The van der Waals surface area contributed by atoms with Crippen LogP contribution in [-0.4, -0.2) is 29.2 Å². The van der Waals surface area contributed by atoms with Crippen LogP contribution < -0.4 is 15.5 Å². The van der Waals surface area contributed by atoms with E-state index >= 15 is 0 Å². The second-order valence-corrected chi connectivity index (χ2v) is 6.53. The molecule has 0 saturated carbocycles. The van der Waals surface area contributed by atoms with Crippen molar-refractivity contribution < 1.29 is 4.79 Å². The molecule has 3 aromatic rings. The van der Waals surface area contributed by atoms with Crippen molar-refractivity contribution >= 4 is 40.3 Å². The summed E-state index contributed by atoms with van der Waals surface area (Å²) in [7, 11) is 0. The number of hydrogen-bond acceptors (Lipinski definition) is 6. The number of nitrogens with one attached hydrogen (secondary N) is 2. The first-order valence-electron chi connectivity index (χ1n) is 8.50. The number of aromatic nitrogens is 2. The first-order valence-corrected chi connectivity index (χ1v) is 9.38. The van der Waals surface area contributed by atoms with Crippen molar-refractivity contribution in [2.75, 3.05) is 28.6 Å². The summed E-state index contributed by atoms with van der Waals surface area (Å²) in [4.78, 5) is 14.9. The average molecular weight is 367 g/mol. The van der Waals surface area contributed by atoms with Crippen LogP contribution in [0.4, 0.5) is 23.0 Å². The third-order valence-electron chi connectivity index (χ3n) is 3.92. The molecule has 3 rings (SSSR count). The van der Waals surface area contributed by atoms with E-state index < -0.39 is 0 Å². The molecule has 2 heterocycles. The van der Waals surface area contributed by atoms with Crippen molar-refractivity contribution in [2.45, 2.75) is 13.8 Å². The third kappa shape index (κ3) is 4.37. The van der Waals surface area contributed by atoms with E-state index in [1.165, 1.54) is 17.0 Å². The van der Waals surface area contributed by atoms with Crippen LogP contribution in [0.2, 0.25) is 0 Å². The molecule has 0 aliphatic rings. The van der Waals surface area contributed by atoms with Crippen LogP contribution in [0.25, 0.3) is 0 Å². The minimum atomic E-state index is -0.179. The Hall–Kier alpha value is -2.93. The Labute approximate surface area is 156 Å². The predicted molar refractivity (Wildman–Crippen MR) is 108 cm³/mol. The minimum absolute atomic E-state index is 0.179. The van der Waals surface area contributed by atoms with Crippen molar-refractivity contribution in [2.24, 2.45) is 0 Å². The van der Waals surface area contributed by atoms with Gasteiger partial charge in [-0.25, -0.2) is 0 Å². The van der Waals surface area contributed by atoms with E-state index in [1.54, 1.807) is 18.2 Å². The molecule has 134 valence electrons. The van der Waals surface area contributed by atoms with Crippen LogP contribution >= 0.6 is 11.3 Å². The third-order valence-corrected chi connectivity index (χ3v) is 4.79. The molecule has 26 heavy (non-hydrogen) atoms. The summed E-state index contributed by atoms with van der Waals surface area (Å²) >= 11 is 1.39. The summed E-state index contributed by atoms with van der Waals surface area (Å²) < 4.78 is 0. The largest absolute Gasteiger partial charge is 0.372 e. The van der Waals surface area contributed by atoms with Gasteiger partial charge in [0.1, 0.15) is 0 Å². The highest BCUT2D eigenvalue weighted by Gasteiger charge is 2.08. The van der Waals surface area contributed by atoms with E-state index in [2.05, 4.69) is 51.7 Å². The number of hydrogen-bond donors (Lipinski definition) is 2. The number of nitrogens with zero attached hydrogens (tertiary/aromatic N) is 3. The molecule has 0 aliphatic heterocycles. The van der Waals surface area contributed by atoms with E-state index in [1.807, 2.05) is 23.6 Å². The molecule has 0 unspecified atom stereocenters. The summed E-state index contributed by atoms with van der Waals surface area (Å²) in [6.45, 7) is 6.24. The first kappa shape index (κ1) is 17.9. The standard InChI is InChI=1S/C19H21N5OS/c1-3-24(4-2)15-9-7-14(8-10-15)20-17-11-12-18(23-22-17)21-19(25)16-6-5-13-26-16/h5-13H,3-4H2,1-2H3,(H,20,22)(H,21,23,25). The SMILES string of the molecule is CCN(CC)c1ccc(Nc2ccc(NC(=O)c3cccs3)nn2)cc1. The summed E-state index contributed by atoms with van der Waals surface area (Å²) in [5, 5.41) is 16.0. The van der Waals surface area contributed by atoms with Gasteiger partial charge in [-0.2, -0.15) is 0 Å². The lowest BCUT2D eigenvalue weighted by molar-refractivity contribution is 0.103. The Morgan fingerprint density at radius 3 is 2.27 bits per heavy atom. The lowest BCUT2D eigenvalue weighted by Gasteiger charge is -2.21. The Kier molecular flexibility index (Phi) is 5.80. The molecule has 0 bridgehead atoms. The molecule has 0 saturated heterocycles. The molecule has 6 nitrogen and oxygen atoms in total. The zero-order chi connectivity index (χ0) is 18.4. The van der Waals surface area contributed by atoms with E-state index in [9.17, 15) is 4.79 Å². The first-order chi connectivity index (χ1) is 12.7. The maximum atomic E-state index is 12.0. The Bertz CT molecular complexity index is 827. The van der Waals surface area contributed by atoms with Gasteiger partial charge in [0, 0.05) is 24.5 Å². The zero-order valence-corrected chi connectivity index (χ0v) is 15.6. The predicted octanol–water partition coefficient (Wildman–Crippen LogP) is 4.38. The fourth-order valence-corrected chi connectivity index (χ4v) is 3.16. The number of rotatable bonds is 7. The minimum Gasteiger partial charge on any atom is -0.372 e. The quantitative estimate of drug-likeness (QED) is 0.648. The second kappa shape index (κ2) is 8.44. The lowest BCUT2D eigenvalue weighted by atomic mass is 10.2. The van der Waals surface area contributed by atoms with Gasteiger partial charge in [-0.1, -0.05) is 6.07 Å². The topological polar surface area (TPSA) is 70.2 Å². The van der Waals surface area contributed by atoms with Crippen LogP contribution in [0.15, 0.2) is 53.9 Å². The maximum Gasteiger partial charge on any atom is 0.266 e. The molecule has 0 fully saturated rings. The van der Waals surface area contributed by atoms with Crippen molar-refractivity contribution in [1.82, 2.24) is 10.2 Å². The Morgan fingerprint density at radius 2 is 1.69 bits per heavy atom. The summed E-state index contributed by atoms with van der Waals surface area (Å²) in [6, 6.07) is 15.3. The Balaban J connectivity index is 1.61. The van der Waals surface area contributed by atoms with Crippen molar-refractivity contribution in [3.63, 3.8) is 0 Å². The van der Waals surface area contributed by atoms with Gasteiger partial charge in [0.2, 0.25) is 0 Å². The van der Waals surface area contributed by atoms with Gasteiger partial charge < -0.3 is 15.5 Å². The molecule has 0 radical (unpaired) electrons. The molecule has 1 aromatic carbocycles. The maximum absolute atomic E-state index is 12.0. The highest BCUT2D eigenvalue weighted by atomic mass is 32.1. The second-order valence-electron chi connectivity index (χ2n) is 5.58. The van der Waals surface area contributed by atoms with Crippen molar-refractivity contribution in [3.05, 3.63) is 58.8 Å². The van der Waals surface area contributed by atoms with Gasteiger partial charge >= 0.3 is 0 Å². The summed E-state index contributed by atoms with van der Waals surface area (Å²) in [6.07, 6.45) is 0. The molecular weight excluding hydrogens is 346 g/mol. The molecule has 1 amide bonds. The van der Waals surface area contributed by atoms with Crippen LogP contribution in [0.1, 0.15) is 23.5 Å². The normalized spacial score (nSPS) is 10.4. The van der Waals surface area contributed by atoms with Gasteiger partial charge in [0.15, 0.2) is 11.6 Å². The number of thiophene rings is 1. The monoisotopic (exact) mass is 367 g/mol. The lowest BCUT2D eigenvalue weighted by Crippen LogP contribution is -2.21. The molecular formula is C19H21N5OS. The smallest absolute Gasteiger partial charge is 0.266 e. The molecule has 0 aliphatic carbocycles.